The number of nitrogens with one attached hydrogen (secondary N) is 2. The monoisotopic (exact) mass is 273 g/mol. The van der Waals surface area contributed by atoms with Gasteiger partial charge < -0.3 is 0 Å². The van der Waals surface area contributed by atoms with Gasteiger partial charge in [0.1, 0.15) is 0 Å². The first-order valence-corrected chi connectivity index (χ1v) is 6.43. The van der Waals surface area contributed by atoms with Crippen LogP contribution in [-0.4, -0.2) is 24.4 Å². The SMILES string of the molecule is O=S(=O)(Nc1ccc(-c2ccn[nH]2)cc1)C(F)F. The molecule has 0 radical (unpaired) electrons. The van der Waals surface area contributed by atoms with Crippen LogP contribution in [0, 0.1) is 0 Å². The Morgan fingerprint density at radius 1 is 1.17 bits per heavy atom. The molecule has 1 aromatic carbocycles. The number of alkyl halides is 2. The predicted octanol–water partition coefficient (Wildman–Crippen LogP) is 2.04. The number of nitrogens with zero attached hydrogens (tertiary/aromatic N) is 1. The van der Waals surface area contributed by atoms with E-state index in [0.29, 0.717) is 0 Å². The largest absolute Gasteiger partial charge is 0.355 e. The summed E-state index contributed by atoms with van der Waals surface area (Å²) >= 11 is 0. The van der Waals surface area contributed by atoms with Gasteiger partial charge in [0, 0.05) is 11.9 Å². The Bertz CT molecular complexity index is 609. The molecule has 0 unspecified atom stereocenters. The van der Waals surface area contributed by atoms with Gasteiger partial charge in [-0.25, -0.2) is 8.42 Å². The summed E-state index contributed by atoms with van der Waals surface area (Å²) in [6, 6.07) is 7.72. The molecule has 0 aliphatic heterocycles. The van der Waals surface area contributed by atoms with Crippen molar-refractivity contribution in [3.8, 4) is 11.3 Å². The molecule has 0 fully saturated rings. The minimum atomic E-state index is -4.62. The first-order valence-electron chi connectivity index (χ1n) is 4.88. The van der Waals surface area contributed by atoms with Crippen LogP contribution in [0.15, 0.2) is 36.5 Å². The van der Waals surface area contributed by atoms with Crippen LogP contribution in [-0.2, 0) is 10.0 Å². The van der Waals surface area contributed by atoms with Gasteiger partial charge in [-0.3, -0.25) is 9.82 Å². The summed E-state index contributed by atoms with van der Waals surface area (Å²) in [7, 11) is -4.62. The minimum absolute atomic E-state index is 0.0820. The molecule has 0 aliphatic rings. The molecule has 0 spiro atoms. The molecule has 8 heteroatoms. The summed E-state index contributed by atoms with van der Waals surface area (Å²) in [6.07, 6.45) is 1.57. The van der Waals surface area contributed by atoms with Crippen molar-refractivity contribution in [3.63, 3.8) is 0 Å². The van der Waals surface area contributed by atoms with E-state index in [4.69, 9.17) is 0 Å². The van der Waals surface area contributed by atoms with Gasteiger partial charge in [-0.05, 0) is 23.8 Å². The number of rotatable bonds is 4. The van der Waals surface area contributed by atoms with Gasteiger partial charge in [-0.2, -0.15) is 13.9 Å². The van der Waals surface area contributed by atoms with E-state index in [2.05, 4.69) is 10.2 Å². The van der Waals surface area contributed by atoms with Crippen LogP contribution < -0.4 is 4.72 Å². The number of anilines is 1. The fraction of sp³-hybridized carbons (Fsp3) is 0.100. The summed E-state index contributed by atoms with van der Waals surface area (Å²) in [5.74, 6) is -3.45. The second-order valence-corrected chi connectivity index (χ2v) is 5.11. The van der Waals surface area contributed by atoms with Crippen molar-refractivity contribution in [3.05, 3.63) is 36.5 Å². The molecule has 0 saturated heterocycles. The number of halogens is 2. The van der Waals surface area contributed by atoms with Crippen LogP contribution in [0.3, 0.4) is 0 Å². The highest BCUT2D eigenvalue weighted by Gasteiger charge is 2.23. The van der Waals surface area contributed by atoms with Crippen molar-refractivity contribution in [1.29, 1.82) is 0 Å². The quantitative estimate of drug-likeness (QED) is 0.895. The molecule has 5 nitrogen and oxygen atoms in total. The lowest BCUT2D eigenvalue weighted by molar-refractivity contribution is 0.236. The van der Waals surface area contributed by atoms with Gasteiger partial charge >= 0.3 is 5.76 Å². The molecular formula is C10H9F2N3O2S. The zero-order valence-electron chi connectivity index (χ0n) is 8.97. The number of hydrogen-bond donors (Lipinski definition) is 2. The second kappa shape index (κ2) is 4.73. The molecule has 2 rings (SSSR count). The summed E-state index contributed by atoms with van der Waals surface area (Å²) in [4.78, 5) is 0. The summed E-state index contributed by atoms with van der Waals surface area (Å²) < 4.78 is 47.9. The predicted molar refractivity (Wildman–Crippen MR) is 62.6 cm³/mol. The highest BCUT2D eigenvalue weighted by atomic mass is 32.2. The molecule has 1 heterocycles. The first-order chi connectivity index (χ1) is 8.49. The van der Waals surface area contributed by atoms with Crippen LogP contribution in [0.5, 0.6) is 0 Å². The molecule has 0 amide bonds. The lowest BCUT2D eigenvalue weighted by Crippen LogP contribution is -2.20. The normalized spacial score (nSPS) is 11.7. The average molecular weight is 273 g/mol. The third kappa shape index (κ3) is 2.65. The van der Waals surface area contributed by atoms with Crippen LogP contribution in [0.4, 0.5) is 14.5 Å². The van der Waals surface area contributed by atoms with E-state index in [-0.39, 0.29) is 5.69 Å². The molecule has 18 heavy (non-hydrogen) atoms. The van der Waals surface area contributed by atoms with E-state index >= 15 is 0 Å². The van der Waals surface area contributed by atoms with E-state index in [1.165, 1.54) is 12.1 Å². The van der Waals surface area contributed by atoms with E-state index in [1.54, 1.807) is 29.1 Å². The maximum Gasteiger partial charge on any atom is 0.355 e. The Morgan fingerprint density at radius 3 is 2.33 bits per heavy atom. The van der Waals surface area contributed by atoms with Gasteiger partial charge in [0.05, 0.1) is 5.69 Å². The van der Waals surface area contributed by atoms with Crippen molar-refractivity contribution in [1.82, 2.24) is 10.2 Å². The standard InChI is InChI=1S/C10H9F2N3O2S/c11-10(12)18(16,17)15-8-3-1-7(2-4-8)9-5-6-13-14-9/h1-6,10,15H,(H,13,14). The molecule has 0 atom stereocenters. The fourth-order valence-electron chi connectivity index (χ4n) is 1.34. The lowest BCUT2D eigenvalue weighted by Gasteiger charge is -2.07. The molecule has 2 aromatic rings. The Morgan fingerprint density at radius 2 is 1.83 bits per heavy atom. The second-order valence-electron chi connectivity index (χ2n) is 3.46. The van der Waals surface area contributed by atoms with Crippen LogP contribution in [0.25, 0.3) is 11.3 Å². The molecule has 0 aliphatic carbocycles. The number of hydrogen-bond acceptors (Lipinski definition) is 3. The molecular weight excluding hydrogens is 264 g/mol. The van der Waals surface area contributed by atoms with Gasteiger partial charge in [0.15, 0.2) is 0 Å². The van der Waals surface area contributed by atoms with Crippen molar-refractivity contribution in [2.45, 2.75) is 5.76 Å². The van der Waals surface area contributed by atoms with Crippen molar-refractivity contribution in [2.75, 3.05) is 4.72 Å². The lowest BCUT2D eigenvalue weighted by atomic mass is 10.1. The van der Waals surface area contributed by atoms with Crippen LogP contribution >= 0.6 is 0 Å². The molecule has 96 valence electrons. The number of sulfonamides is 1. The van der Waals surface area contributed by atoms with E-state index < -0.39 is 15.8 Å². The summed E-state index contributed by atoms with van der Waals surface area (Å²) in [5.41, 5.74) is 1.60. The van der Waals surface area contributed by atoms with Crippen molar-refractivity contribution < 1.29 is 17.2 Å². The van der Waals surface area contributed by atoms with Crippen LogP contribution in [0.1, 0.15) is 0 Å². The highest BCUT2D eigenvalue weighted by molar-refractivity contribution is 7.93. The zero-order valence-corrected chi connectivity index (χ0v) is 9.79. The number of aromatic nitrogens is 2. The Balaban J connectivity index is 2.19. The Labute approximate surface area is 102 Å². The van der Waals surface area contributed by atoms with E-state index in [1.807, 2.05) is 0 Å². The number of benzene rings is 1. The van der Waals surface area contributed by atoms with Gasteiger partial charge in [0.2, 0.25) is 0 Å². The zero-order chi connectivity index (χ0) is 13.2. The third-order valence-corrected chi connectivity index (χ3v) is 3.18. The number of H-pyrrole nitrogens is 1. The summed E-state index contributed by atoms with van der Waals surface area (Å²) in [6.45, 7) is 0. The van der Waals surface area contributed by atoms with Gasteiger partial charge in [0.25, 0.3) is 10.0 Å². The molecule has 0 saturated carbocycles. The van der Waals surface area contributed by atoms with Gasteiger partial charge in [-0.1, -0.05) is 12.1 Å². The third-order valence-electron chi connectivity index (χ3n) is 2.19. The van der Waals surface area contributed by atoms with Gasteiger partial charge in [-0.15, -0.1) is 0 Å². The Kier molecular flexibility index (Phi) is 3.28. The van der Waals surface area contributed by atoms with Crippen molar-refractivity contribution in [2.24, 2.45) is 0 Å². The maximum atomic E-state index is 12.1. The molecule has 2 N–H and O–H groups in total. The molecule has 1 aromatic heterocycles. The highest BCUT2D eigenvalue weighted by Crippen LogP contribution is 2.20. The average Bonchev–Trinajstić information content (AvgIpc) is 2.83. The van der Waals surface area contributed by atoms with Crippen LogP contribution in [0.2, 0.25) is 0 Å². The van der Waals surface area contributed by atoms with E-state index in [9.17, 15) is 17.2 Å². The minimum Gasteiger partial charge on any atom is -0.279 e. The summed E-state index contributed by atoms with van der Waals surface area (Å²) in [5, 5.41) is 6.50. The van der Waals surface area contributed by atoms with Crippen molar-refractivity contribution >= 4 is 15.7 Å². The first kappa shape index (κ1) is 12.5. The smallest absolute Gasteiger partial charge is 0.279 e. The topological polar surface area (TPSA) is 74.8 Å². The Hall–Kier alpha value is -1.96. The fourth-order valence-corrected chi connectivity index (χ4v) is 1.90. The number of aromatic amines is 1. The van der Waals surface area contributed by atoms with E-state index in [0.717, 1.165) is 11.3 Å². The maximum absolute atomic E-state index is 12.1. The molecule has 0 bridgehead atoms.